The molecule has 2 aromatic carbocycles. The van der Waals surface area contributed by atoms with Crippen LogP contribution in [0.4, 0.5) is 0 Å². The third-order valence-corrected chi connectivity index (χ3v) is 3.43. The van der Waals surface area contributed by atoms with Gasteiger partial charge in [0.1, 0.15) is 6.33 Å². The van der Waals surface area contributed by atoms with Crippen molar-refractivity contribution in [1.29, 1.82) is 0 Å². The van der Waals surface area contributed by atoms with E-state index in [1.807, 2.05) is 61.5 Å². The molecular formula is C17H16N6O. The molecule has 0 unspecified atom stereocenters. The highest BCUT2D eigenvalue weighted by atomic mass is 16.2. The van der Waals surface area contributed by atoms with Gasteiger partial charge in [0.15, 0.2) is 0 Å². The number of carbonyl (C=O) groups excluding carboxylic acids is 1. The highest BCUT2D eigenvalue weighted by Gasteiger charge is 2.05. The topological polar surface area (TPSA) is 85.1 Å². The Hall–Kier alpha value is -3.35. The molecule has 0 aliphatic heterocycles. The van der Waals surface area contributed by atoms with E-state index in [4.69, 9.17) is 0 Å². The van der Waals surface area contributed by atoms with E-state index in [9.17, 15) is 4.79 Å². The predicted molar refractivity (Wildman–Crippen MR) is 89.7 cm³/mol. The Morgan fingerprint density at radius 2 is 2.00 bits per heavy atom. The molecule has 0 aliphatic rings. The molecule has 7 nitrogen and oxygen atoms in total. The molecule has 1 amide bonds. The van der Waals surface area contributed by atoms with Crippen molar-refractivity contribution in [3.05, 3.63) is 72.1 Å². The summed E-state index contributed by atoms with van der Waals surface area (Å²) >= 11 is 0. The van der Waals surface area contributed by atoms with Crippen molar-refractivity contribution < 1.29 is 4.79 Å². The minimum Gasteiger partial charge on any atom is -0.273 e. The fourth-order valence-electron chi connectivity index (χ4n) is 2.18. The first-order valence-electron chi connectivity index (χ1n) is 7.43. The van der Waals surface area contributed by atoms with E-state index in [1.54, 1.807) is 4.68 Å². The van der Waals surface area contributed by atoms with Crippen molar-refractivity contribution in [3.8, 4) is 5.69 Å². The second-order valence-electron chi connectivity index (χ2n) is 5.20. The number of rotatable bonds is 5. The number of hydrogen-bond acceptors (Lipinski definition) is 5. The Kier molecular flexibility index (Phi) is 4.71. The molecule has 0 spiro atoms. The van der Waals surface area contributed by atoms with Crippen LogP contribution in [-0.4, -0.2) is 31.8 Å². The molecule has 24 heavy (non-hydrogen) atoms. The van der Waals surface area contributed by atoms with Crippen molar-refractivity contribution >= 4 is 11.6 Å². The number of nitrogens with zero attached hydrogens (tertiary/aromatic N) is 5. The maximum absolute atomic E-state index is 12.0. The Bertz CT molecular complexity index is 843. The van der Waals surface area contributed by atoms with Crippen molar-refractivity contribution in [2.24, 2.45) is 5.10 Å². The lowest BCUT2D eigenvalue weighted by atomic mass is 10.1. The fourth-order valence-corrected chi connectivity index (χ4v) is 2.18. The van der Waals surface area contributed by atoms with Crippen LogP contribution in [0.25, 0.3) is 5.69 Å². The summed E-state index contributed by atoms with van der Waals surface area (Å²) in [5.74, 6) is -0.155. The van der Waals surface area contributed by atoms with E-state index in [1.165, 1.54) is 6.33 Å². The first kappa shape index (κ1) is 15.5. The van der Waals surface area contributed by atoms with Gasteiger partial charge in [-0.25, -0.2) is 10.1 Å². The van der Waals surface area contributed by atoms with Crippen LogP contribution in [0, 0.1) is 0 Å². The lowest BCUT2D eigenvalue weighted by Gasteiger charge is -2.05. The van der Waals surface area contributed by atoms with Crippen molar-refractivity contribution in [3.63, 3.8) is 0 Å². The Morgan fingerprint density at radius 1 is 1.17 bits per heavy atom. The molecule has 7 heteroatoms. The molecule has 1 heterocycles. The standard InChI is InChI=1S/C17H16N6O/c1-13(19-20-17(24)10-14-6-3-2-4-7-14)15-8-5-9-16(11-15)23-12-18-21-22-23/h2-9,11-12H,10H2,1H3,(H,20,24)/b19-13+. The molecule has 0 bridgehead atoms. The first-order chi connectivity index (χ1) is 11.7. The number of carbonyl (C=O) groups is 1. The monoisotopic (exact) mass is 320 g/mol. The van der Waals surface area contributed by atoms with E-state index in [0.29, 0.717) is 12.1 Å². The van der Waals surface area contributed by atoms with Gasteiger partial charge < -0.3 is 0 Å². The summed E-state index contributed by atoms with van der Waals surface area (Å²) in [6.07, 6.45) is 1.81. The van der Waals surface area contributed by atoms with E-state index in [0.717, 1.165) is 16.8 Å². The van der Waals surface area contributed by atoms with Crippen LogP contribution in [-0.2, 0) is 11.2 Å². The molecule has 0 radical (unpaired) electrons. The third-order valence-electron chi connectivity index (χ3n) is 3.43. The van der Waals surface area contributed by atoms with Gasteiger partial charge in [0.05, 0.1) is 17.8 Å². The quantitative estimate of drug-likeness (QED) is 0.573. The second-order valence-corrected chi connectivity index (χ2v) is 5.20. The van der Waals surface area contributed by atoms with E-state index < -0.39 is 0 Å². The van der Waals surface area contributed by atoms with Crippen LogP contribution in [0.2, 0.25) is 0 Å². The Morgan fingerprint density at radius 3 is 2.75 bits per heavy atom. The van der Waals surface area contributed by atoms with Gasteiger partial charge in [-0.15, -0.1) is 5.10 Å². The van der Waals surface area contributed by atoms with Gasteiger partial charge >= 0.3 is 0 Å². The van der Waals surface area contributed by atoms with Crippen LogP contribution < -0.4 is 5.43 Å². The molecule has 120 valence electrons. The van der Waals surface area contributed by atoms with Gasteiger partial charge in [-0.3, -0.25) is 4.79 Å². The average molecular weight is 320 g/mol. The highest BCUT2D eigenvalue weighted by Crippen LogP contribution is 2.09. The minimum atomic E-state index is -0.155. The zero-order valence-electron chi connectivity index (χ0n) is 13.1. The second kappa shape index (κ2) is 7.28. The maximum Gasteiger partial charge on any atom is 0.244 e. The zero-order valence-corrected chi connectivity index (χ0v) is 13.1. The third kappa shape index (κ3) is 3.89. The molecule has 1 N–H and O–H groups in total. The largest absolute Gasteiger partial charge is 0.273 e. The first-order valence-corrected chi connectivity index (χ1v) is 7.43. The number of benzene rings is 2. The van der Waals surface area contributed by atoms with Gasteiger partial charge in [0, 0.05) is 0 Å². The summed E-state index contributed by atoms with van der Waals surface area (Å²) < 4.78 is 1.56. The summed E-state index contributed by atoms with van der Waals surface area (Å²) in [4.78, 5) is 12.0. The van der Waals surface area contributed by atoms with Gasteiger partial charge in [-0.05, 0) is 40.6 Å². The number of hydrogen-bond donors (Lipinski definition) is 1. The SMILES string of the molecule is C/C(=N\NC(=O)Cc1ccccc1)c1cccc(-n2cnnn2)c1. The number of nitrogens with one attached hydrogen (secondary N) is 1. The van der Waals surface area contributed by atoms with Crippen LogP contribution >= 0.6 is 0 Å². The number of hydrazone groups is 1. The van der Waals surface area contributed by atoms with Crippen LogP contribution in [0.5, 0.6) is 0 Å². The van der Waals surface area contributed by atoms with E-state index >= 15 is 0 Å². The van der Waals surface area contributed by atoms with Gasteiger partial charge in [0.2, 0.25) is 5.91 Å². The molecule has 1 aromatic heterocycles. The normalized spacial score (nSPS) is 11.3. The van der Waals surface area contributed by atoms with E-state index in [2.05, 4.69) is 26.1 Å². The average Bonchev–Trinajstić information content (AvgIpc) is 3.15. The Balaban J connectivity index is 1.67. The molecule has 0 fully saturated rings. The van der Waals surface area contributed by atoms with Crippen molar-refractivity contribution in [2.75, 3.05) is 0 Å². The van der Waals surface area contributed by atoms with Crippen LogP contribution in [0.3, 0.4) is 0 Å². The molecule has 0 saturated heterocycles. The van der Waals surface area contributed by atoms with Gasteiger partial charge in [-0.2, -0.15) is 5.10 Å². The fraction of sp³-hybridized carbons (Fsp3) is 0.118. The molecule has 0 saturated carbocycles. The summed E-state index contributed by atoms with van der Waals surface area (Å²) in [5, 5.41) is 15.3. The van der Waals surface area contributed by atoms with Crippen molar-refractivity contribution in [2.45, 2.75) is 13.3 Å². The minimum absolute atomic E-state index is 0.155. The smallest absolute Gasteiger partial charge is 0.244 e. The Labute approximate surface area is 139 Å². The number of amides is 1. The lowest BCUT2D eigenvalue weighted by Crippen LogP contribution is -2.21. The molecule has 3 aromatic rings. The molecule has 0 aliphatic carbocycles. The van der Waals surface area contributed by atoms with Gasteiger partial charge in [0.25, 0.3) is 0 Å². The molecule has 0 atom stereocenters. The summed E-state index contributed by atoms with van der Waals surface area (Å²) in [6, 6.07) is 17.1. The predicted octanol–water partition coefficient (Wildman–Crippen LogP) is 1.75. The molecular weight excluding hydrogens is 304 g/mol. The van der Waals surface area contributed by atoms with Crippen LogP contribution in [0.15, 0.2) is 66.0 Å². The molecule has 3 rings (SSSR count). The summed E-state index contributed by atoms with van der Waals surface area (Å²) in [5.41, 5.74) is 5.93. The summed E-state index contributed by atoms with van der Waals surface area (Å²) in [7, 11) is 0. The summed E-state index contributed by atoms with van der Waals surface area (Å²) in [6.45, 7) is 1.83. The van der Waals surface area contributed by atoms with E-state index in [-0.39, 0.29) is 5.91 Å². The number of tetrazole rings is 1. The number of aromatic nitrogens is 4. The maximum atomic E-state index is 12.0. The lowest BCUT2D eigenvalue weighted by molar-refractivity contribution is -0.120. The van der Waals surface area contributed by atoms with Crippen molar-refractivity contribution in [1.82, 2.24) is 25.6 Å². The van der Waals surface area contributed by atoms with Gasteiger partial charge in [-0.1, -0.05) is 42.5 Å². The van der Waals surface area contributed by atoms with Crippen LogP contribution in [0.1, 0.15) is 18.1 Å². The highest BCUT2D eigenvalue weighted by molar-refractivity contribution is 5.99. The zero-order chi connectivity index (χ0) is 16.8.